The summed E-state index contributed by atoms with van der Waals surface area (Å²) in [4.78, 5) is 12.2. The Morgan fingerprint density at radius 3 is 1.50 bits per heavy atom. The second-order valence-corrected chi connectivity index (χ2v) is 2.77. The summed E-state index contributed by atoms with van der Waals surface area (Å²) in [5.74, 6) is -0.211. The third-order valence-electron chi connectivity index (χ3n) is 1.69. The van der Waals surface area contributed by atoms with Gasteiger partial charge in [-0.05, 0) is 26.6 Å². The van der Waals surface area contributed by atoms with Crippen molar-refractivity contribution in [1.82, 2.24) is 4.90 Å². The summed E-state index contributed by atoms with van der Waals surface area (Å²) in [7, 11) is 0. The van der Waals surface area contributed by atoms with Crippen LogP contribution in [-0.2, 0) is 9.53 Å². The van der Waals surface area contributed by atoms with E-state index in [0.29, 0.717) is 6.61 Å². The molecule has 0 heterocycles. The molecule has 0 aromatic heterocycles. The van der Waals surface area contributed by atoms with Crippen LogP contribution in [0.4, 0.5) is 0 Å². The summed E-state index contributed by atoms with van der Waals surface area (Å²) in [5, 5.41) is 7.32. The Kier molecular flexibility index (Phi) is 24.8. The summed E-state index contributed by atoms with van der Waals surface area (Å²) in [5.41, 5.74) is 0. The van der Waals surface area contributed by atoms with Gasteiger partial charge in [0.2, 0.25) is 0 Å². The van der Waals surface area contributed by atoms with Crippen molar-refractivity contribution < 1.29 is 9.53 Å². The van der Waals surface area contributed by atoms with Crippen LogP contribution in [0, 0.1) is 11.3 Å². The monoisotopic (exact) mass is 230 g/mol. The average Bonchev–Trinajstić information content (AvgIpc) is 2.22. The van der Waals surface area contributed by atoms with Crippen LogP contribution in [0.15, 0.2) is 0 Å². The molecule has 0 aliphatic rings. The SMILES string of the molecule is CC#N.CCN(CC)CC.CCOC(C)=O. The van der Waals surface area contributed by atoms with Crippen LogP contribution in [0.5, 0.6) is 0 Å². The second-order valence-electron chi connectivity index (χ2n) is 2.77. The lowest BCUT2D eigenvalue weighted by Gasteiger charge is -2.13. The molecule has 0 unspecified atom stereocenters. The maximum absolute atomic E-state index is 9.82. The van der Waals surface area contributed by atoms with E-state index < -0.39 is 0 Å². The number of hydrogen-bond acceptors (Lipinski definition) is 4. The van der Waals surface area contributed by atoms with Gasteiger partial charge in [-0.3, -0.25) is 4.79 Å². The first-order chi connectivity index (χ1) is 7.53. The van der Waals surface area contributed by atoms with Crippen LogP contribution in [-0.4, -0.2) is 37.1 Å². The molecule has 0 fully saturated rings. The van der Waals surface area contributed by atoms with Crippen molar-refractivity contribution in [3.8, 4) is 6.07 Å². The molecule has 0 N–H and O–H groups in total. The minimum Gasteiger partial charge on any atom is -0.466 e. The number of carbonyl (C=O) groups excluding carboxylic acids is 1. The maximum atomic E-state index is 9.82. The molecule has 0 bridgehead atoms. The first kappa shape index (κ1) is 20.3. The van der Waals surface area contributed by atoms with Crippen molar-refractivity contribution in [3.05, 3.63) is 0 Å². The van der Waals surface area contributed by atoms with E-state index in [1.165, 1.54) is 33.5 Å². The van der Waals surface area contributed by atoms with Crippen LogP contribution < -0.4 is 0 Å². The van der Waals surface area contributed by atoms with Crippen molar-refractivity contribution in [2.75, 3.05) is 26.2 Å². The molecule has 96 valence electrons. The van der Waals surface area contributed by atoms with Gasteiger partial charge in [0.05, 0.1) is 12.7 Å². The van der Waals surface area contributed by atoms with Crippen molar-refractivity contribution in [3.63, 3.8) is 0 Å². The Hall–Kier alpha value is -1.08. The lowest BCUT2D eigenvalue weighted by molar-refractivity contribution is -0.140. The Morgan fingerprint density at radius 1 is 1.19 bits per heavy atom. The van der Waals surface area contributed by atoms with E-state index >= 15 is 0 Å². The predicted octanol–water partition coefficient (Wildman–Crippen LogP) is 2.45. The van der Waals surface area contributed by atoms with Gasteiger partial charge in [0.25, 0.3) is 0 Å². The molecule has 16 heavy (non-hydrogen) atoms. The third kappa shape index (κ3) is 29.3. The number of esters is 1. The molecule has 0 saturated heterocycles. The van der Waals surface area contributed by atoms with E-state index in [0.717, 1.165) is 0 Å². The summed E-state index contributed by atoms with van der Waals surface area (Å²) in [6, 6.07) is 1.75. The highest BCUT2D eigenvalue weighted by Gasteiger charge is 1.89. The van der Waals surface area contributed by atoms with Crippen molar-refractivity contribution in [2.45, 2.75) is 41.5 Å². The molecule has 0 rings (SSSR count). The highest BCUT2D eigenvalue weighted by molar-refractivity contribution is 5.65. The quantitative estimate of drug-likeness (QED) is 0.696. The van der Waals surface area contributed by atoms with Gasteiger partial charge in [-0.25, -0.2) is 0 Å². The molecule has 4 nitrogen and oxygen atoms in total. The fraction of sp³-hybridized carbons (Fsp3) is 0.833. The number of carbonyl (C=O) groups is 1. The predicted molar refractivity (Wildman–Crippen MR) is 67.1 cm³/mol. The van der Waals surface area contributed by atoms with E-state index in [9.17, 15) is 4.79 Å². The van der Waals surface area contributed by atoms with Gasteiger partial charge in [-0.15, -0.1) is 0 Å². The van der Waals surface area contributed by atoms with Gasteiger partial charge >= 0.3 is 5.97 Å². The zero-order valence-electron chi connectivity index (χ0n) is 11.5. The summed E-state index contributed by atoms with van der Waals surface area (Å²) in [6.45, 7) is 15.2. The summed E-state index contributed by atoms with van der Waals surface area (Å²) < 4.78 is 4.40. The number of rotatable bonds is 4. The second kappa shape index (κ2) is 19.5. The van der Waals surface area contributed by atoms with Crippen LogP contribution in [0.1, 0.15) is 41.5 Å². The lowest BCUT2D eigenvalue weighted by Crippen LogP contribution is -2.21. The molecule has 0 aliphatic carbocycles. The fourth-order valence-corrected chi connectivity index (χ4v) is 0.874. The minimum absolute atomic E-state index is 0.211. The summed E-state index contributed by atoms with van der Waals surface area (Å²) >= 11 is 0. The molecule has 0 radical (unpaired) electrons. The van der Waals surface area contributed by atoms with E-state index in [4.69, 9.17) is 5.26 Å². The van der Waals surface area contributed by atoms with E-state index in [1.807, 2.05) is 0 Å². The maximum Gasteiger partial charge on any atom is 0.302 e. The van der Waals surface area contributed by atoms with E-state index in [2.05, 4.69) is 30.4 Å². The van der Waals surface area contributed by atoms with Gasteiger partial charge in [-0.2, -0.15) is 5.26 Å². The molecule has 4 heteroatoms. The smallest absolute Gasteiger partial charge is 0.302 e. The third-order valence-corrected chi connectivity index (χ3v) is 1.69. The molecule has 0 amide bonds. The molecular weight excluding hydrogens is 204 g/mol. The van der Waals surface area contributed by atoms with Gasteiger partial charge in [0, 0.05) is 13.8 Å². The largest absolute Gasteiger partial charge is 0.466 e. The Balaban J connectivity index is -0.000000172. The Labute approximate surface area is 100 Å². The molecular formula is C12H26N2O2. The van der Waals surface area contributed by atoms with Crippen LogP contribution in [0.2, 0.25) is 0 Å². The van der Waals surface area contributed by atoms with Gasteiger partial charge < -0.3 is 9.64 Å². The van der Waals surface area contributed by atoms with Crippen molar-refractivity contribution in [1.29, 1.82) is 5.26 Å². The number of hydrogen-bond donors (Lipinski definition) is 0. The fourth-order valence-electron chi connectivity index (χ4n) is 0.874. The van der Waals surface area contributed by atoms with Crippen molar-refractivity contribution in [2.24, 2.45) is 0 Å². The molecule has 0 atom stereocenters. The van der Waals surface area contributed by atoms with Crippen molar-refractivity contribution >= 4 is 5.97 Å². The Morgan fingerprint density at radius 2 is 1.50 bits per heavy atom. The molecule has 0 aliphatic heterocycles. The van der Waals surface area contributed by atoms with E-state index in [-0.39, 0.29) is 5.97 Å². The summed E-state index contributed by atoms with van der Waals surface area (Å²) in [6.07, 6.45) is 0. The zero-order chi connectivity index (χ0) is 13.4. The zero-order valence-corrected chi connectivity index (χ0v) is 11.5. The van der Waals surface area contributed by atoms with Crippen LogP contribution in [0.25, 0.3) is 0 Å². The van der Waals surface area contributed by atoms with Crippen LogP contribution >= 0.6 is 0 Å². The highest BCUT2D eigenvalue weighted by atomic mass is 16.5. The first-order valence-electron chi connectivity index (χ1n) is 5.70. The number of nitrogens with zero attached hydrogens (tertiary/aromatic N) is 2. The number of ether oxygens (including phenoxy) is 1. The minimum atomic E-state index is -0.211. The number of nitriles is 1. The molecule has 0 aromatic rings. The normalized spacial score (nSPS) is 7.88. The molecule has 0 spiro atoms. The van der Waals surface area contributed by atoms with Gasteiger partial charge in [0.1, 0.15) is 0 Å². The first-order valence-corrected chi connectivity index (χ1v) is 5.70. The van der Waals surface area contributed by atoms with Crippen LogP contribution in [0.3, 0.4) is 0 Å². The van der Waals surface area contributed by atoms with Gasteiger partial charge in [-0.1, -0.05) is 20.8 Å². The lowest BCUT2D eigenvalue weighted by atomic mass is 10.5. The highest BCUT2D eigenvalue weighted by Crippen LogP contribution is 1.81. The molecule has 0 aromatic carbocycles. The standard InChI is InChI=1S/C6H15N.C4H8O2.C2H3N/c1-4-7(5-2)6-3;1-3-6-4(2)5;1-2-3/h4-6H2,1-3H3;3H2,1-2H3;1H3. The molecule has 0 saturated carbocycles. The average molecular weight is 230 g/mol. The van der Waals surface area contributed by atoms with E-state index in [1.54, 1.807) is 13.0 Å². The topological polar surface area (TPSA) is 53.3 Å². The van der Waals surface area contributed by atoms with Gasteiger partial charge in [0.15, 0.2) is 0 Å². The Bertz CT molecular complexity index is 167.